The summed E-state index contributed by atoms with van der Waals surface area (Å²) in [4.78, 5) is 19.7. The SMILES string of the molecule is N[C@@H](Cc1ccc(Br)cc1)C(=O)N1CCn2c(nc(-c3ccc(F)cc3)c2Nc2ccc(Cl)c(F)c2)C1.S. The molecule has 0 bridgehead atoms. The van der Waals surface area contributed by atoms with E-state index < -0.39 is 11.9 Å². The molecule has 0 unspecified atom stereocenters. The lowest BCUT2D eigenvalue weighted by Gasteiger charge is -2.30. The smallest absolute Gasteiger partial charge is 0.240 e. The van der Waals surface area contributed by atoms with E-state index in [1.54, 1.807) is 23.1 Å². The summed E-state index contributed by atoms with van der Waals surface area (Å²) >= 11 is 9.25. The highest BCUT2D eigenvalue weighted by Crippen LogP contribution is 2.34. The first-order chi connectivity index (χ1) is 17.8. The van der Waals surface area contributed by atoms with Gasteiger partial charge in [0.15, 0.2) is 0 Å². The third-order valence-electron chi connectivity index (χ3n) is 6.27. The number of carbonyl (C=O) groups excluding carboxylic acids is 1. The molecule has 11 heteroatoms. The molecule has 198 valence electrons. The number of halogens is 4. The van der Waals surface area contributed by atoms with Crippen molar-refractivity contribution in [2.24, 2.45) is 5.73 Å². The third-order valence-corrected chi connectivity index (χ3v) is 7.11. The molecule has 1 aromatic heterocycles. The number of carbonyl (C=O) groups is 1. The number of anilines is 2. The third kappa shape index (κ3) is 6.04. The Morgan fingerprint density at radius 3 is 2.47 bits per heavy atom. The van der Waals surface area contributed by atoms with E-state index in [1.165, 1.54) is 24.3 Å². The van der Waals surface area contributed by atoms with E-state index in [2.05, 4.69) is 21.2 Å². The molecular weight excluding hydrogens is 596 g/mol. The summed E-state index contributed by atoms with van der Waals surface area (Å²) in [7, 11) is 0. The lowest BCUT2D eigenvalue weighted by Crippen LogP contribution is -2.47. The van der Waals surface area contributed by atoms with Crippen LogP contribution < -0.4 is 11.1 Å². The van der Waals surface area contributed by atoms with E-state index in [0.717, 1.165) is 10.0 Å². The molecule has 38 heavy (non-hydrogen) atoms. The largest absolute Gasteiger partial charge is 0.340 e. The van der Waals surface area contributed by atoms with Gasteiger partial charge in [-0.1, -0.05) is 39.7 Å². The Morgan fingerprint density at radius 1 is 1.08 bits per heavy atom. The van der Waals surface area contributed by atoms with E-state index in [9.17, 15) is 13.6 Å². The Hall–Kier alpha value is -2.92. The van der Waals surface area contributed by atoms with Crippen molar-refractivity contribution in [3.8, 4) is 11.3 Å². The average molecular weight is 621 g/mol. The number of nitrogens with one attached hydrogen (secondary N) is 1. The van der Waals surface area contributed by atoms with Gasteiger partial charge in [-0.3, -0.25) is 4.79 Å². The molecule has 0 radical (unpaired) electrons. The van der Waals surface area contributed by atoms with Crippen molar-refractivity contribution >= 4 is 58.4 Å². The maximum Gasteiger partial charge on any atom is 0.240 e. The molecule has 5 rings (SSSR count). The number of aromatic nitrogens is 2. The number of nitrogens with zero attached hydrogens (tertiary/aromatic N) is 3. The number of amides is 1. The first-order valence-corrected chi connectivity index (χ1v) is 12.8. The van der Waals surface area contributed by atoms with Crippen molar-refractivity contribution < 1.29 is 13.6 Å². The minimum Gasteiger partial charge on any atom is -0.340 e. The number of benzene rings is 3. The summed E-state index contributed by atoms with van der Waals surface area (Å²) < 4.78 is 30.6. The highest BCUT2D eigenvalue weighted by Gasteiger charge is 2.29. The van der Waals surface area contributed by atoms with Crippen molar-refractivity contribution in [3.05, 3.63) is 99.2 Å². The zero-order valence-corrected chi connectivity index (χ0v) is 23.4. The van der Waals surface area contributed by atoms with Crippen LogP contribution in [0, 0.1) is 11.6 Å². The van der Waals surface area contributed by atoms with Gasteiger partial charge in [0, 0.05) is 28.8 Å². The van der Waals surface area contributed by atoms with E-state index >= 15 is 0 Å². The molecule has 4 aromatic rings. The van der Waals surface area contributed by atoms with Gasteiger partial charge in [-0.05, 0) is 66.6 Å². The fraction of sp³-hybridized carbons (Fsp3) is 0.185. The van der Waals surface area contributed by atoms with Crippen LogP contribution in [0.1, 0.15) is 11.4 Å². The van der Waals surface area contributed by atoms with Crippen LogP contribution in [-0.4, -0.2) is 32.9 Å². The van der Waals surface area contributed by atoms with Crippen LogP contribution in [0.15, 0.2) is 71.2 Å². The number of hydrogen-bond acceptors (Lipinski definition) is 4. The molecule has 3 N–H and O–H groups in total. The van der Waals surface area contributed by atoms with Crippen LogP contribution in [0.25, 0.3) is 11.3 Å². The Labute approximate surface area is 239 Å². The van der Waals surface area contributed by atoms with Gasteiger partial charge < -0.3 is 20.5 Å². The van der Waals surface area contributed by atoms with Gasteiger partial charge in [0.2, 0.25) is 5.91 Å². The van der Waals surface area contributed by atoms with Gasteiger partial charge in [-0.2, -0.15) is 13.5 Å². The molecule has 1 aliphatic heterocycles. The Kier molecular flexibility index (Phi) is 8.77. The van der Waals surface area contributed by atoms with Crippen molar-refractivity contribution in [1.82, 2.24) is 14.5 Å². The van der Waals surface area contributed by atoms with Crippen LogP contribution in [0.5, 0.6) is 0 Å². The Bertz CT molecular complexity index is 1450. The van der Waals surface area contributed by atoms with Crippen LogP contribution in [0.4, 0.5) is 20.3 Å². The second-order valence-electron chi connectivity index (χ2n) is 8.83. The Balaban J connectivity index is 0.00000336. The molecule has 1 atom stereocenters. The molecule has 0 aliphatic carbocycles. The summed E-state index contributed by atoms with van der Waals surface area (Å²) in [5.74, 6) is 0.194. The molecule has 2 heterocycles. The molecule has 0 spiro atoms. The summed E-state index contributed by atoms with van der Waals surface area (Å²) in [6, 6.07) is 17.4. The van der Waals surface area contributed by atoms with Crippen molar-refractivity contribution in [1.29, 1.82) is 0 Å². The number of fused-ring (bicyclic) bond motifs is 1. The van der Waals surface area contributed by atoms with Crippen LogP contribution >= 0.6 is 41.0 Å². The maximum atomic E-state index is 14.1. The molecule has 0 saturated carbocycles. The molecule has 6 nitrogen and oxygen atoms in total. The fourth-order valence-electron chi connectivity index (χ4n) is 4.36. The minimum atomic E-state index is -0.686. The summed E-state index contributed by atoms with van der Waals surface area (Å²) in [5, 5.41) is 3.26. The predicted octanol–water partition coefficient (Wildman–Crippen LogP) is 6.01. The first kappa shape index (κ1) is 28.1. The normalized spacial score (nSPS) is 13.4. The van der Waals surface area contributed by atoms with Gasteiger partial charge in [0.05, 0.1) is 17.6 Å². The standard InChI is InChI=1S/C27H23BrClF2N5O.H2S/c28-18-5-1-16(2-6-18)13-23(32)27(37)35-11-12-36-24(15-35)34-25(17-3-7-19(30)8-4-17)26(36)33-20-9-10-21(29)22(31)14-20;/h1-10,14,23,33H,11-13,15,32H2;1H2/t23-;/m0./s1. The second kappa shape index (κ2) is 11.9. The molecule has 0 fully saturated rings. The van der Waals surface area contributed by atoms with Crippen molar-refractivity contribution in [2.75, 3.05) is 11.9 Å². The monoisotopic (exact) mass is 619 g/mol. The predicted molar refractivity (Wildman–Crippen MR) is 154 cm³/mol. The first-order valence-electron chi connectivity index (χ1n) is 11.6. The summed E-state index contributed by atoms with van der Waals surface area (Å²) in [6.45, 7) is 1.15. The van der Waals surface area contributed by atoms with E-state index in [0.29, 0.717) is 48.1 Å². The zero-order chi connectivity index (χ0) is 26.1. The van der Waals surface area contributed by atoms with Crippen LogP contribution in [0.3, 0.4) is 0 Å². The number of imidazole rings is 1. The van der Waals surface area contributed by atoms with E-state index in [-0.39, 0.29) is 36.8 Å². The zero-order valence-electron chi connectivity index (χ0n) is 20.1. The topological polar surface area (TPSA) is 76.2 Å². The average Bonchev–Trinajstić information content (AvgIpc) is 3.25. The van der Waals surface area contributed by atoms with E-state index in [4.69, 9.17) is 22.3 Å². The van der Waals surface area contributed by atoms with Gasteiger partial charge in [-0.25, -0.2) is 13.8 Å². The molecule has 0 saturated heterocycles. The highest BCUT2D eigenvalue weighted by atomic mass is 79.9. The van der Waals surface area contributed by atoms with Gasteiger partial charge in [0.25, 0.3) is 0 Å². The van der Waals surface area contributed by atoms with Crippen molar-refractivity contribution in [3.63, 3.8) is 0 Å². The quantitative estimate of drug-likeness (QED) is 0.277. The second-order valence-corrected chi connectivity index (χ2v) is 10.2. The maximum absolute atomic E-state index is 14.1. The van der Waals surface area contributed by atoms with Crippen LogP contribution in [-0.2, 0) is 24.3 Å². The lowest BCUT2D eigenvalue weighted by atomic mass is 10.1. The molecule has 1 amide bonds. The van der Waals surface area contributed by atoms with Gasteiger partial charge >= 0.3 is 0 Å². The molecular formula is C27H25BrClF2N5OS. The molecule has 3 aromatic carbocycles. The number of rotatable bonds is 6. The van der Waals surface area contributed by atoms with Crippen molar-refractivity contribution in [2.45, 2.75) is 25.6 Å². The highest BCUT2D eigenvalue weighted by molar-refractivity contribution is 9.10. The summed E-state index contributed by atoms with van der Waals surface area (Å²) in [5.41, 5.74) is 9.00. The number of nitrogens with two attached hydrogens (primary N) is 1. The Morgan fingerprint density at radius 2 is 1.79 bits per heavy atom. The number of hydrogen-bond donors (Lipinski definition) is 2. The lowest BCUT2D eigenvalue weighted by molar-refractivity contribution is -0.134. The fourth-order valence-corrected chi connectivity index (χ4v) is 4.74. The minimum absolute atomic E-state index is 0. The van der Waals surface area contributed by atoms with Gasteiger partial charge in [0.1, 0.15) is 29.0 Å². The van der Waals surface area contributed by atoms with E-state index in [1.807, 2.05) is 28.8 Å². The van der Waals surface area contributed by atoms with Gasteiger partial charge in [-0.15, -0.1) is 0 Å². The summed E-state index contributed by atoms with van der Waals surface area (Å²) in [6.07, 6.45) is 0.423. The van der Waals surface area contributed by atoms with Crippen LogP contribution in [0.2, 0.25) is 5.02 Å². The molecule has 1 aliphatic rings.